The van der Waals surface area contributed by atoms with Gasteiger partial charge in [0.25, 0.3) is 5.91 Å². The van der Waals surface area contributed by atoms with Crippen molar-refractivity contribution in [2.75, 3.05) is 31.1 Å². The maximum absolute atomic E-state index is 12.5. The van der Waals surface area contributed by atoms with Crippen LogP contribution in [0.1, 0.15) is 34.5 Å². The molecule has 0 unspecified atom stereocenters. The standard InChI is InChI=1S/C23H26N4O3S/c1-16-4-7-20(8-5-16)27(18(3)28)23-24-19(15-31-23)14-25-10-12-26(13-11-25)22(29)21-9-6-17(2)30-21/h4-9,15H,10-14H2,1-3H3. The number of furan rings is 1. The van der Waals surface area contributed by atoms with Crippen LogP contribution in [-0.2, 0) is 11.3 Å². The summed E-state index contributed by atoms with van der Waals surface area (Å²) in [5, 5.41) is 2.68. The molecule has 0 aliphatic carbocycles. The Hall–Kier alpha value is -2.97. The Labute approximate surface area is 185 Å². The average Bonchev–Trinajstić information content (AvgIpc) is 3.39. The van der Waals surface area contributed by atoms with E-state index >= 15 is 0 Å². The lowest BCUT2D eigenvalue weighted by Crippen LogP contribution is -2.48. The molecule has 162 valence electrons. The van der Waals surface area contributed by atoms with Crippen LogP contribution in [0.4, 0.5) is 10.8 Å². The van der Waals surface area contributed by atoms with Gasteiger partial charge in [0, 0.05) is 45.0 Å². The molecule has 3 aromatic rings. The molecule has 3 heterocycles. The molecule has 0 atom stereocenters. The molecule has 1 fully saturated rings. The van der Waals surface area contributed by atoms with Crippen molar-refractivity contribution < 1.29 is 14.0 Å². The molecule has 4 rings (SSSR count). The van der Waals surface area contributed by atoms with Crippen LogP contribution in [0.3, 0.4) is 0 Å². The van der Waals surface area contributed by atoms with Crippen molar-refractivity contribution in [2.24, 2.45) is 0 Å². The Bertz CT molecular complexity index is 1060. The molecule has 1 aliphatic heterocycles. The minimum atomic E-state index is -0.0648. The Balaban J connectivity index is 1.37. The highest BCUT2D eigenvalue weighted by molar-refractivity contribution is 7.14. The van der Waals surface area contributed by atoms with E-state index in [-0.39, 0.29) is 11.8 Å². The van der Waals surface area contributed by atoms with Gasteiger partial charge in [0.1, 0.15) is 5.76 Å². The second-order valence-corrected chi connectivity index (χ2v) is 8.63. The first-order valence-electron chi connectivity index (χ1n) is 10.3. The quantitative estimate of drug-likeness (QED) is 0.602. The molecule has 0 N–H and O–H groups in total. The minimum absolute atomic E-state index is 0.0566. The van der Waals surface area contributed by atoms with Gasteiger partial charge in [-0.3, -0.25) is 19.4 Å². The summed E-state index contributed by atoms with van der Waals surface area (Å²) in [6.07, 6.45) is 0. The number of hydrogen-bond donors (Lipinski definition) is 0. The van der Waals surface area contributed by atoms with Crippen molar-refractivity contribution in [1.29, 1.82) is 0 Å². The van der Waals surface area contributed by atoms with Gasteiger partial charge >= 0.3 is 0 Å². The highest BCUT2D eigenvalue weighted by Crippen LogP contribution is 2.29. The zero-order valence-corrected chi connectivity index (χ0v) is 18.8. The number of anilines is 2. The van der Waals surface area contributed by atoms with Crippen molar-refractivity contribution >= 4 is 34.0 Å². The Morgan fingerprint density at radius 1 is 1.06 bits per heavy atom. The maximum atomic E-state index is 12.5. The third kappa shape index (κ3) is 4.86. The van der Waals surface area contributed by atoms with E-state index < -0.39 is 0 Å². The number of hydrogen-bond acceptors (Lipinski definition) is 6. The van der Waals surface area contributed by atoms with Crippen molar-refractivity contribution in [3.05, 3.63) is 64.6 Å². The summed E-state index contributed by atoms with van der Waals surface area (Å²) in [4.78, 5) is 35.3. The second-order valence-electron chi connectivity index (χ2n) is 7.79. The lowest BCUT2D eigenvalue weighted by atomic mass is 10.2. The van der Waals surface area contributed by atoms with Crippen LogP contribution in [0.2, 0.25) is 0 Å². The Kier molecular flexibility index (Phi) is 6.20. The van der Waals surface area contributed by atoms with Gasteiger partial charge in [0.2, 0.25) is 5.91 Å². The largest absolute Gasteiger partial charge is 0.456 e. The lowest BCUT2D eigenvalue weighted by Gasteiger charge is -2.33. The summed E-state index contributed by atoms with van der Waals surface area (Å²) in [5.74, 6) is 1.02. The molecule has 2 aromatic heterocycles. The summed E-state index contributed by atoms with van der Waals surface area (Å²) in [6, 6.07) is 11.4. The fourth-order valence-corrected chi connectivity index (χ4v) is 4.51. The first-order chi connectivity index (χ1) is 14.9. The summed E-state index contributed by atoms with van der Waals surface area (Å²) < 4.78 is 5.46. The molecule has 0 saturated carbocycles. The van der Waals surface area contributed by atoms with E-state index in [0.717, 1.165) is 35.8 Å². The Morgan fingerprint density at radius 2 is 1.77 bits per heavy atom. The fraction of sp³-hybridized carbons (Fsp3) is 0.348. The fourth-order valence-electron chi connectivity index (χ4n) is 3.64. The monoisotopic (exact) mass is 438 g/mol. The number of rotatable bonds is 5. The molecule has 1 aliphatic rings. The number of carbonyl (C=O) groups excluding carboxylic acids is 2. The molecule has 0 bridgehead atoms. The highest BCUT2D eigenvalue weighted by atomic mass is 32.1. The van der Waals surface area contributed by atoms with Crippen molar-refractivity contribution in [3.8, 4) is 0 Å². The van der Waals surface area contributed by atoms with E-state index in [1.165, 1.54) is 11.3 Å². The zero-order valence-electron chi connectivity index (χ0n) is 18.0. The average molecular weight is 439 g/mol. The van der Waals surface area contributed by atoms with Gasteiger partial charge < -0.3 is 9.32 Å². The number of piperazine rings is 1. The van der Waals surface area contributed by atoms with E-state index in [1.807, 2.05) is 54.5 Å². The number of thiazole rings is 1. The molecular formula is C23H26N4O3S. The number of aryl methyl sites for hydroxylation is 2. The van der Waals surface area contributed by atoms with E-state index in [0.29, 0.717) is 30.5 Å². The zero-order chi connectivity index (χ0) is 22.0. The first kappa shape index (κ1) is 21.3. The summed E-state index contributed by atoms with van der Waals surface area (Å²) in [7, 11) is 0. The molecule has 1 saturated heterocycles. The molecule has 0 spiro atoms. The number of amides is 2. The third-order valence-corrected chi connectivity index (χ3v) is 6.21. The van der Waals surface area contributed by atoms with Gasteiger partial charge in [0.15, 0.2) is 10.9 Å². The van der Waals surface area contributed by atoms with Gasteiger partial charge in [-0.1, -0.05) is 17.7 Å². The van der Waals surface area contributed by atoms with Crippen LogP contribution in [0.25, 0.3) is 0 Å². The normalized spacial score (nSPS) is 14.6. The lowest BCUT2D eigenvalue weighted by molar-refractivity contribution is -0.115. The van der Waals surface area contributed by atoms with E-state index in [4.69, 9.17) is 9.40 Å². The highest BCUT2D eigenvalue weighted by Gasteiger charge is 2.25. The predicted octanol–water partition coefficient (Wildman–Crippen LogP) is 4.00. The van der Waals surface area contributed by atoms with Crippen LogP contribution in [0.5, 0.6) is 0 Å². The predicted molar refractivity (Wildman–Crippen MR) is 121 cm³/mol. The first-order valence-corrected chi connectivity index (χ1v) is 11.2. The molecule has 8 heteroatoms. The topological polar surface area (TPSA) is 69.9 Å². The molecular weight excluding hydrogens is 412 g/mol. The van der Waals surface area contributed by atoms with Gasteiger partial charge in [-0.15, -0.1) is 11.3 Å². The third-order valence-electron chi connectivity index (χ3n) is 5.33. The van der Waals surface area contributed by atoms with Crippen molar-refractivity contribution in [3.63, 3.8) is 0 Å². The van der Waals surface area contributed by atoms with E-state index in [1.54, 1.807) is 17.9 Å². The Morgan fingerprint density at radius 3 is 2.39 bits per heavy atom. The van der Waals surface area contributed by atoms with Crippen LogP contribution < -0.4 is 4.90 Å². The number of aromatic nitrogens is 1. The van der Waals surface area contributed by atoms with Gasteiger partial charge in [-0.25, -0.2) is 4.98 Å². The van der Waals surface area contributed by atoms with E-state index in [2.05, 4.69) is 4.90 Å². The number of benzene rings is 1. The van der Waals surface area contributed by atoms with Crippen LogP contribution in [0, 0.1) is 13.8 Å². The molecule has 1 aromatic carbocycles. The van der Waals surface area contributed by atoms with Gasteiger partial charge in [-0.2, -0.15) is 0 Å². The number of nitrogens with zero attached hydrogens (tertiary/aromatic N) is 4. The SMILES string of the molecule is CC(=O)N(c1ccc(C)cc1)c1nc(CN2CCN(C(=O)c3ccc(C)o3)CC2)cs1. The van der Waals surface area contributed by atoms with Gasteiger partial charge in [0.05, 0.1) is 11.4 Å². The minimum Gasteiger partial charge on any atom is -0.456 e. The van der Waals surface area contributed by atoms with Gasteiger partial charge in [-0.05, 0) is 38.1 Å². The molecule has 7 nitrogen and oxygen atoms in total. The van der Waals surface area contributed by atoms with Crippen molar-refractivity contribution in [2.45, 2.75) is 27.3 Å². The van der Waals surface area contributed by atoms with Crippen LogP contribution >= 0.6 is 11.3 Å². The van der Waals surface area contributed by atoms with Crippen LogP contribution in [-0.4, -0.2) is 52.8 Å². The van der Waals surface area contributed by atoms with E-state index in [9.17, 15) is 9.59 Å². The number of carbonyl (C=O) groups is 2. The summed E-state index contributed by atoms with van der Waals surface area (Å²) in [5.41, 5.74) is 2.89. The molecule has 2 amide bonds. The second kappa shape index (κ2) is 9.03. The smallest absolute Gasteiger partial charge is 0.289 e. The van der Waals surface area contributed by atoms with Crippen molar-refractivity contribution in [1.82, 2.24) is 14.8 Å². The summed E-state index contributed by atoms with van der Waals surface area (Å²) >= 11 is 1.47. The molecule has 31 heavy (non-hydrogen) atoms. The maximum Gasteiger partial charge on any atom is 0.289 e. The molecule has 0 radical (unpaired) electrons. The summed E-state index contributed by atoms with van der Waals surface area (Å²) in [6.45, 7) is 8.95. The van der Waals surface area contributed by atoms with Crippen LogP contribution in [0.15, 0.2) is 46.2 Å².